The van der Waals surface area contributed by atoms with Crippen LogP contribution in [0.25, 0.3) is 10.9 Å². The number of benzene rings is 4. The van der Waals surface area contributed by atoms with Crippen molar-refractivity contribution in [1.82, 2.24) is 36.5 Å². The fraction of sp³-hybridized carbons (Fsp3) is 0.411. The molecule has 6 N–H and O–H groups in total. The van der Waals surface area contributed by atoms with E-state index >= 15 is 0 Å². The van der Waals surface area contributed by atoms with Gasteiger partial charge in [-0.05, 0) is 120 Å². The van der Waals surface area contributed by atoms with Gasteiger partial charge >= 0.3 is 18.2 Å². The van der Waals surface area contributed by atoms with E-state index in [0.29, 0.717) is 28.9 Å². The Hall–Kier alpha value is -8.49. The highest BCUT2D eigenvalue weighted by Gasteiger charge is 2.39. The molecule has 21 nitrogen and oxygen atoms in total. The number of esters is 1. The second-order valence-corrected chi connectivity index (χ2v) is 20.6. The minimum atomic E-state index is -1.34. The Kier molecular flexibility index (Phi) is 20.1. The van der Waals surface area contributed by atoms with Crippen molar-refractivity contribution in [1.29, 1.82) is 0 Å². The number of aromatic amines is 1. The van der Waals surface area contributed by atoms with Crippen LogP contribution in [-0.4, -0.2) is 112 Å². The summed E-state index contributed by atoms with van der Waals surface area (Å²) >= 11 is 0. The average molecular weight is 1060 g/mol. The molecule has 0 unspecified atom stereocenters. The minimum absolute atomic E-state index is 0.0240. The Morgan fingerprint density at radius 3 is 2.03 bits per heavy atom. The maximum atomic E-state index is 14.9. The molecular weight excluding hydrogens is 993 g/mol. The Bertz CT molecular complexity index is 2840. The first-order valence-electron chi connectivity index (χ1n) is 25.5. The number of rotatable bonds is 23. The Morgan fingerprint density at radius 1 is 0.701 bits per heavy atom. The third-order valence-corrected chi connectivity index (χ3v) is 12.1. The van der Waals surface area contributed by atoms with Crippen molar-refractivity contribution < 1.29 is 57.4 Å². The highest BCUT2D eigenvalue weighted by atomic mass is 16.6. The lowest BCUT2D eigenvalue weighted by Gasteiger charge is -2.30. The van der Waals surface area contributed by atoms with Crippen molar-refractivity contribution in [3.05, 3.63) is 142 Å². The van der Waals surface area contributed by atoms with E-state index in [2.05, 4.69) is 31.6 Å². The molecule has 0 saturated carbocycles. The van der Waals surface area contributed by atoms with Crippen LogP contribution in [0.1, 0.15) is 89.5 Å². The Morgan fingerprint density at radius 2 is 1.34 bits per heavy atom. The second kappa shape index (κ2) is 26.8. The number of alkyl carbamates (subject to hydrolysis) is 2. The summed E-state index contributed by atoms with van der Waals surface area (Å²) in [6.07, 6.45) is 0.847. The second-order valence-electron chi connectivity index (χ2n) is 20.6. The monoisotopic (exact) mass is 1060 g/mol. The van der Waals surface area contributed by atoms with Gasteiger partial charge in [0.15, 0.2) is 0 Å². The van der Waals surface area contributed by atoms with Gasteiger partial charge < -0.3 is 55.4 Å². The van der Waals surface area contributed by atoms with E-state index in [1.165, 1.54) is 29.2 Å². The standard InChI is InChI=1S/C56H68N8O13/c1-55(2,3)76-41-26-22-36(23-27-41)30-45(62-54(71)77-56(4,5)6)50(67)60-44(18-12-28-57-53(70)75-35-37-14-8-7-9-15-37)49(66)61-46(31-39-32-58-43-17-11-10-16-42(39)43)52(69)63-29-13-19-47(63)51(68)59-33-48(65)74-34-38-20-24-40(25-21-38)64(72)73/h7-11,14-17,20-27,32,44-47,58H,12-13,18-19,28-31,33-35H2,1-6H3,(H,57,70)(H,59,68)(H,60,67)(H,61,66)(H,62,71)/t44-,45+,46+,47-/m1/s1. The summed E-state index contributed by atoms with van der Waals surface area (Å²) in [5, 5.41) is 25.4. The zero-order valence-electron chi connectivity index (χ0n) is 44.2. The minimum Gasteiger partial charge on any atom is -0.488 e. The number of hydrogen-bond donors (Lipinski definition) is 6. The van der Waals surface area contributed by atoms with E-state index in [0.717, 1.165) is 16.5 Å². The van der Waals surface area contributed by atoms with Crippen LogP contribution in [0.3, 0.4) is 0 Å². The van der Waals surface area contributed by atoms with Crippen LogP contribution in [0.15, 0.2) is 109 Å². The number of para-hydroxylation sites is 1. The molecule has 0 spiro atoms. The maximum absolute atomic E-state index is 14.9. The zero-order chi connectivity index (χ0) is 55.7. The molecule has 77 heavy (non-hydrogen) atoms. The third-order valence-electron chi connectivity index (χ3n) is 12.1. The number of likely N-dealkylation sites (tertiary alicyclic amines) is 1. The van der Waals surface area contributed by atoms with Crippen LogP contribution in [0.5, 0.6) is 5.75 Å². The number of fused-ring (bicyclic) bond motifs is 1. The van der Waals surface area contributed by atoms with Crippen molar-refractivity contribution in [2.75, 3.05) is 19.6 Å². The van der Waals surface area contributed by atoms with Crippen LogP contribution < -0.4 is 31.3 Å². The summed E-state index contributed by atoms with van der Waals surface area (Å²) < 4.78 is 22.1. The molecule has 1 aliphatic rings. The van der Waals surface area contributed by atoms with Gasteiger partial charge in [-0.25, -0.2) is 9.59 Å². The number of H-pyrrole nitrogens is 1. The van der Waals surface area contributed by atoms with Crippen LogP contribution >= 0.6 is 0 Å². The van der Waals surface area contributed by atoms with E-state index in [9.17, 15) is 43.7 Å². The first-order chi connectivity index (χ1) is 36.6. The number of carbonyl (C=O) groups is 7. The Balaban J connectivity index is 1.22. The molecule has 1 aliphatic heterocycles. The normalized spacial score (nSPS) is 14.5. The Labute approximate surface area is 446 Å². The molecule has 0 radical (unpaired) electrons. The largest absolute Gasteiger partial charge is 0.488 e. The summed E-state index contributed by atoms with van der Waals surface area (Å²) in [6.45, 7) is 10.2. The van der Waals surface area contributed by atoms with Crippen LogP contribution in [0, 0.1) is 10.1 Å². The highest BCUT2D eigenvalue weighted by molar-refractivity contribution is 5.96. The molecule has 0 aliphatic carbocycles. The number of non-ortho nitro benzene ring substituents is 1. The van der Waals surface area contributed by atoms with Crippen LogP contribution in [0.4, 0.5) is 15.3 Å². The number of nitrogens with zero attached hydrogens (tertiary/aromatic N) is 2. The summed E-state index contributed by atoms with van der Waals surface area (Å²) in [5.41, 5.74) is 1.86. The van der Waals surface area contributed by atoms with Crippen molar-refractivity contribution >= 4 is 58.4 Å². The predicted molar refractivity (Wildman–Crippen MR) is 284 cm³/mol. The molecule has 0 bridgehead atoms. The van der Waals surface area contributed by atoms with Gasteiger partial charge in [-0.15, -0.1) is 0 Å². The van der Waals surface area contributed by atoms with Crippen LogP contribution in [-0.2, 0) is 64.2 Å². The first kappa shape index (κ1) is 57.8. The molecule has 1 fully saturated rings. The molecular formula is C56H68N8O13. The summed E-state index contributed by atoms with van der Waals surface area (Å²) in [6, 6.07) is 24.0. The number of hydrogen-bond acceptors (Lipinski definition) is 13. The lowest BCUT2D eigenvalue weighted by molar-refractivity contribution is -0.384. The summed E-state index contributed by atoms with van der Waals surface area (Å²) in [4.78, 5) is 112. The number of nitro groups is 1. The van der Waals surface area contributed by atoms with E-state index < -0.39 is 88.6 Å². The van der Waals surface area contributed by atoms with Gasteiger partial charge in [0.1, 0.15) is 60.9 Å². The quantitative estimate of drug-likeness (QED) is 0.0135. The molecule has 6 rings (SSSR count). The molecule has 5 aromatic rings. The summed E-state index contributed by atoms with van der Waals surface area (Å²) in [5.74, 6) is -2.93. The number of nitro benzene ring substituents is 1. The number of carbonyl (C=O) groups excluding carboxylic acids is 7. The highest BCUT2D eigenvalue weighted by Crippen LogP contribution is 2.24. The van der Waals surface area contributed by atoms with Crippen molar-refractivity contribution in [3.63, 3.8) is 0 Å². The van der Waals surface area contributed by atoms with E-state index in [1.54, 1.807) is 51.2 Å². The fourth-order valence-electron chi connectivity index (χ4n) is 8.46. The fourth-order valence-corrected chi connectivity index (χ4v) is 8.46. The molecule has 1 saturated heterocycles. The number of aromatic nitrogens is 1. The first-order valence-corrected chi connectivity index (χ1v) is 25.5. The van der Waals surface area contributed by atoms with Gasteiger partial charge in [-0.2, -0.15) is 0 Å². The lowest BCUT2D eigenvalue weighted by atomic mass is 10.0. The number of ether oxygens (including phenoxy) is 4. The van der Waals surface area contributed by atoms with Crippen molar-refractivity contribution in [2.45, 2.75) is 129 Å². The van der Waals surface area contributed by atoms with E-state index in [-0.39, 0.29) is 64.1 Å². The third kappa shape index (κ3) is 18.4. The molecule has 21 heteroatoms. The zero-order valence-corrected chi connectivity index (χ0v) is 44.2. The SMILES string of the molecule is CC(C)(C)OC(=O)N[C@@H](Cc1ccc(OC(C)(C)C)cc1)C(=O)N[C@H](CCCNC(=O)OCc1ccccc1)C(=O)N[C@@H](Cc1c[nH]c2ccccc12)C(=O)N1CCC[C@@H]1C(=O)NCC(=O)OCc1ccc([N+](=O)[O-])cc1. The average Bonchev–Trinajstić information content (AvgIpc) is 4.05. The van der Waals surface area contributed by atoms with Crippen molar-refractivity contribution in [3.8, 4) is 5.75 Å². The van der Waals surface area contributed by atoms with E-state index in [1.807, 2.05) is 75.4 Å². The molecule has 4 atom stereocenters. The lowest BCUT2D eigenvalue weighted by Crippen LogP contribution is -2.59. The predicted octanol–water partition coefficient (Wildman–Crippen LogP) is 6.46. The molecule has 2 heterocycles. The van der Waals surface area contributed by atoms with Gasteiger partial charge in [-0.1, -0.05) is 60.7 Å². The number of nitrogens with one attached hydrogen (secondary N) is 6. The molecule has 1 aromatic heterocycles. The summed E-state index contributed by atoms with van der Waals surface area (Å²) in [7, 11) is 0. The maximum Gasteiger partial charge on any atom is 0.408 e. The topological polar surface area (TPSA) is 279 Å². The smallest absolute Gasteiger partial charge is 0.408 e. The molecule has 410 valence electrons. The van der Waals surface area contributed by atoms with Gasteiger partial charge in [0, 0.05) is 55.2 Å². The van der Waals surface area contributed by atoms with Gasteiger partial charge in [0.25, 0.3) is 5.69 Å². The molecule has 4 aromatic carbocycles. The van der Waals surface area contributed by atoms with Crippen LogP contribution in [0.2, 0.25) is 0 Å². The molecule has 6 amide bonds. The van der Waals surface area contributed by atoms with Gasteiger partial charge in [0.05, 0.1) is 4.92 Å². The van der Waals surface area contributed by atoms with E-state index in [4.69, 9.17) is 18.9 Å². The number of amides is 6. The van der Waals surface area contributed by atoms with Crippen molar-refractivity contribution in [2.24, 2.45) is 0 Å². The van der Waals surface area contributed by atoms with Gasteiger partial charge in [0.2, 0.25) is 23.6 Å². The van der Waals surface area contributed by atoms with Gasteiger partial charge in [-0.3, -0.25) is 34.1 Å².